The highest BCUT2D eigenvalue weighted by atomic mass is 14.9. The van der Waals surface area contributed by atoms with Crippen LogP contribution in [0.1, 0.15) is 48.1 Å². The summed E-state index contributed by atoms with van der Waals surface area (Å²) in [4.78, 5) is 7.30. The van der Waals surface area contributed by atoms with Crippen LogP contribution >= 0.6 is 0 Å². The summed E-state index contributed by atoms with van der Waals surface area (Å²) in [5.41, 5.74) is 6.26. The third-order valence-corrected chi connectivity index (χ3v) is 4.02. The number of H-pyrrole nitrogens is 1. The minimum atomic E-state index is 0.729. The summed E-state index contributed by atoms with van der Waals surface area (Å²) in [6.45, 7) is 6.49. The Kier molecular flexibility index (Phi) is 2.78. The number of aromatic amines is 1. The topological polar surface area (TPSA) is 28.7 Å². The first-order chi connectivity index (χ1) is 8.81. The van der Waals surface area contributed by atoms with E-state index in [4.69, 9.17) is 0 Å². The molecule has 0 amide bonds. The molecule has 1 unspecified atom stereocenters. The summed E-state index contributed by atoms with van der Waals surface area (Å²) in [6, 6.07) is 6.60. The smallest absolute Gasteiger partial charge is 0.0927 e. The van der Waals surface area contributed by atoms with E-state index in [-0.39, 0.29) is 0 Å². The van der Waals surface area contributed by atoms with E-state index in [0.29, 0.717) is 0 Å². The van der Waals surface area contributed by atoms with Crippen LogP contribution in [0.15, 0.2) is 37.3 Å². The average Bonchev–Trinajstić information content (AvgIpc) is 3.06. The van der Waals surface area contributed by atoms with E-state index < -0.39 is 0 Å². The Morgan fingerprint density at radius 3 is 3.11 bits per heavy atom. The van der Waals surface area contributed by atoms with Crippen molar-refractivity contribution < 1.29 is 0 Å². The number of hydrogen-bond donors (Lipinski definition) is 1. The Hall–Kier alpha value is -1.83. The number of nitrogens with zero attached hydrogens (tertiary/aromatic N) is 1. The van der Waals surface area contributed by atoms with Gasteiger partial charge < -0.3 is 4.98 Å². The molecule has 2 aromatic rings. The SMILES string of the molecule is C=C(c1c[nH]cn1)c1cccc2c1CCC2CC. The molecule has 0 spiro atoms. The van der Waals surface area contributed by atoms with Crippen LogP contribution in [0.25, 0.3) is 5.57 Å². The van der Waals surface area contributed by atoms with Crippen LogP contribution in [-0.4, -0.2) is 9.97 Å². The molecule has 0 fully saturated rings. The maximum absolute atomic E-state index is 4.30. The summed E-state index contributed by atoms with van der Waals surface area (Å²) in [6.07, 6.45) is 7.29. The molecule has 0 bridgehead atoms. The summed E-state index contributed by atoms with van der Waals surface area (Å²) in [5.74, 6) is 0.729. The predicted molar refractivity (Wildman–Crippen MR) is 74.5 cm³/mol. The lowest BCUT2D eigenvalue weighted by Gasteiger charge is -2.12. The molecule has 2 nitrogen and oxygen atoms in total. The molecule has 0 saturated heterocycles. The first-order valence-corrected chi connectivity index (χ1v) is 6.61. The lowest BCUT2D eigenvalue weighted by molar-refractivity contribution is 0.656. The fourth-order valence-corrected chi connectivity index (χ4v) is 3.01. The Morgan fingerprint density at radius 1 is 1.50 bits per heavy atom. The summed E-state index contributed by atoms with van der Waals surface area (Å²) >= 11 is 0. The zero-order valence-electron chi connectivity index (χ0n) is 10.7. The van der Waals surface area contributed by atoms with Crippen molar-refractivity contribution in [2.24, 2.45) is 0 Å². The van der Waals surface area contributed by atoms with E-state index in [1.807, 2.05) is 6.20 Å². The second kappa shape index (κ2) is 4.45. The molecule has 2 heteroatoms. The quantitative estimate of drug-likeness (QED) is 0.862. The number of hydrogen-bond acceptors (Lipinski definition) is 1. The fraction of sp³-hybridized carbons (Fsp3) is 0.312. The van der Waals surface area contributed by atoms with Gasteiger partial charge in [0.25, 0.3) is 0 Å². The molecule has 0 radical (unpaired) electrons. The Morgan fingerprint density at radius 2 is 2.39 bits per heavy atom. The molecule has 18 heavy (non-hydrogen) atoms. The molecule has 0 saturated carbocycles. The molecular formula is C16H18N2. The molecule has 1 aliphatic carbocycles. The van der Waals surface area contributed by atoms with Gasteiger partial charge in [-0.3, -0.25) is 0 Å². The van der Waals surface area contributed by atoms with Gasteiger partial charge in [0, 0.05) is 11.8 Å². The minimum absolute atomic E-state index is 0.729. The van der Waals surface area contributed by atoms with Crippen LogP contribution in [0.5, 0.6) is 0 Å². The highest BCUT2D eigenvalue weighted by Gasteiger charge is 2.24. The molecule has 1 atom stereocenters. The maximum atomic E-state index is 4.30. The second-order valence-corrected chi connectivity index (χ2v) is 4.95. The lowest BCUT2D eigenvalue weighted by Crippen LogP contribution is -1.95. The molecule has 1 aromatic heterocycles. The molecule has 1 aromatic carbocycles. The molecule has 1 N–H and O–H groups in total. The van der Waals surface area contributed by atoms with Gasteiger partial charge in [-0.25, -0.2) is 4.98 Å². The number of benzene rings is 1. The van der Waals surface area contributed by atoms with Gasteiger partial charge in [-0.1, -0.05) is 31.7 Å². The van der Waals surface area contributed by atoms with Crippen LogP contribution < -0.4 is 0 Å². The van der Waals surface area contributed by atoms with Gasteiger partial charge in [0.1, 0.15) is 0 Å². The van der Waals surface area contributed by atoms with Gasteiger partial charge in [0.15, 0.2) is 0 Å². The monoisotopic (exact) mass is 238 g/mol. The molecule has 1 aliphatic rings. The van der Waals surface area contributed by atoms with E-state index in [9.17, 15) is 0 Å². The van der Waals surface area contributed by atoms with Crippen LogP contribution in [0.2, 0.25) is 0 Å². The van der Waals surface area contributed by atoms with Gasteiger partial charge in [-0.2, -0.15) is 0 Å². The lowest BCUT2D eigenvalue weighted by atomic mass is 9.93. The molecule has 1 heterocycles. The van der Waals surface area contributed by atoms with Crippen LogP contribution in [0, 0.1) is 0 Å². The number of nitrogens with one attached hydrogen (secondary N) is 1. The van der Waals surface area contributed by atoms with Crippen molar-refractivity contribution in [3.63, 3.8) is 0 Å². The summed E-state index contributed by atoms with van der Waals surface area (Å²) < 4.78 is 0. The van der Waals surface area contributed by atoms with Crippen molar-refractivity contribution in [2.45, 2.75) is 32.1 Å². The van der Waals surface area contributed by atoms with Crippen LogP contribution in [0.3, 0.4) is 0 Å². The summed E-state index contributed by atoms with van der Waals surface area (Å²) in [7, 11) is 0. The molecule has 3 rings (SSSR count). The Bertz CT molecular complexity index is 567. The predicted octanol–water partition coefficient (Wildman–Crippen LogP) is 3.91. The van der Waals surface area contributed by atoms with Gasteiger partial charge in [-0.05, 0) is 41.9 Å². The standard InChI is InChI=1S/C16H18N2/c1-3-12-7-8-15-13(5-4-6-14(12)15)11(2)16-9-17-10-18-16/h4-6,9-10,12H,2-3,7-8H2,1H3,(H,17,18). The Labute approximate surface area is 108 Å². The van der Waals surface area contributed by atoms with Crippen molar-refractivity contribution in [3.05, 3.63) is 59.7 Å². The number of fused-ring (bicyclic) bond motifs is 1. The first kappa shape index (κ1) is 11.3. The normalized spacial score (nSPS) is 17.7. The highest BCUT2D eigenvalue weighted by Crippen LogP contribution is 2.39. The molecule has 92 valence electrons. The van der Waals surface area contributed by atoms with Crippen molar-refractivity contribution in [1.29, 1.82) is 0 Å². The van der Waals surface area contributed by atoms with E-state index >= 15 is 0 Å². The third kappa shape index (κ3) is 1.69. The zero-order chi connectivity index (χ0) is 12.5. The van der Waals surface area contributed by atoms with E-state index in [0.717, 1.165) is 17.2 Å². The van der Waals surface area contributed by atoms with Gasteiger partial charge in [-0.15, -0.1) is 0 Å². The molecular weight excluding hydrogens is 220 g/mol. The van der Waals surface area contributed by atoms with Gasteiger partial charge in [0.2, 0.25) is 0 Å². The average molecular weight is 238 g/mol. The minimum Gasteiger partial charge on any atom is -0.351 e. The zero-order valence-corrected chi connectivity index (χ0v) is 10.7. The number of rotatable bonds is 3. The fourth-order valence-electron chi connectivity index (χ4n) is 3.01. The van der Waals surface area contributed by atoms with Crippen LogP contribution in [0.4, 0.5) is 0 Å². The maximum Gasteiger partial charge on any atom is 0.0927 e. The van der Waals surface area contributed by atoms with E-state index in [2.05, 4.69) is 41.7 Å². The number of aromatic nitrogens is 2. The third-order valence-electron chi connectivity index (χ3n) is 4.02. The van der Waals surface area contributed by atoms with E-state index in [1.165, 1.54) is 36.0 Å². The van der Waals surface area contributed by atoms with Crippen molar-refractivity contribution in [2.75, 3.05) is 0 Å². The number of imidazole rings is 1. The van der Waals surface area contributed by atoms with Crippen molar-refractivity contribution in [1.82, 2.24) is 9.97 Å². The van der Waals surface area contributed by atoms with Gasteiger partial charge >= 0.3 is 0 Å². The highest BCUT2D eigenvalue weighted by molar-refractivity contribution is 5.78. The van der Waals surface area contributed by atoms with Gasteiger partial charge in [0.05, 0.1) is 12.0 Å². The van der Waals surface area contributed by atoms with Crippen molar-refractivity contribution in [3.8, 4) is 0 Å². The Balaban J connectivity index is 2.05. The largest absolute Gasteiger partial charge is 0.351 e. The summed E-state index contributed by atoms with van der Waals surface area (Å²) in [5, 5.41) is 0. The van der Waals surface area contributed by atoms with Crippen LogP contribution in [-0.2, 0) is 6.42 Å². The van der Waals surface area contributed by atoms with E-state index in [1.54, 1.807) is 6.33 Å². The second-order valence-electron chi connectivity index (χ2n) is 4.95. The first-order valence-electron chi connectivity index (χ1n) is 6.61. The van der Waals surface area contributed by atoms with Crippen molar-refractivity contribution >= 4 is 5.57 Å². The molecule has 0 aliphatic heterocycles.